The minimum Gasteiger partial charge on any atom is -0.330 e. The summed E-state index contributed by atoms with van der Waals surface area (Å²) in [5.41, 5.74) is 8.51. The van der Waals surface area contributed by atoms with E-state index in [2.05, 4.69) is 24.3 Å². The minimum atomic E-state index is 0.587. The van der Waals surface area contributed by atoms with E-state index in [1.165, 1.54) is 69.8 Å². The van der Waals surface area contributed by atoms with Crippen molar-refractivity contribution in [1.82, 2.24) is 0 Å². The van der Waals surface area contributed by atoms with E-state index in [1.54, 1.807) is 0 Å². The number of allylic oxidation sites excluding steroid dienone is 1. The molecule has 164 valence electrons. The molecule has 1 aromatic rings. The van der Waals surface area contributed by atoms with E-state index in [0.29, 0.717) is 11.8 Å². The molecule has 0 saturated heterocycles. The molecular formula is C27H37Cl2N. The number of nitrogens with two attached hydrogens (primary N) is 1. The lowest BCUT2D eigenvalue weighted by molar-refractivity contribution is -0.00272. The first kappa shape index (κ1) is 21.4. The Hall–Kier alpha value is -0.500. The lowest BCUT2D eigenvalue weighted by atomic mass is 9.50. The van der Waals surface area contributed by atoms with Crippen LogP contribution in [0.25, 0.3) is 6.08 Å². The van der Waals surface area contributed by atoms with Crippen LogP contribution in [0.4, 0.5) is 0 Å². The smallest absolute Gasteiger partial charge is 0.0461 e. The molecule has 1 aromatic carbocycles. The molecule has 0 spiro atoms. The number of hydrogen-bond donors (Lipinski definition) is 1. The number of halogens is 2. The first-order valence-corrected chi connectivity index (χ1v) is 13.2. The van der Waals surface area contributed by atoms with Crippen LogP contribution in [-0.4, -0.2) is 6.54 Å². The highest BCUT2D eigenvalue weighted by molar-refractivity contribution is 6.36. The summed E-state index contributed by atoms with van der Waals surface area (Å²) in [5.74, 6) is 5.56. The molecule has 1 atom stereocenters. The third kappa shape index (κ3) is 4.24. The van der Waals surface area contributed by atoms with Crippen LogP contribution in [0, 0.1) is 35.5 Å². The van der Waals surface area contributed by atoms with Gasteiger partial charge < -0.3 is 5.73 Å². The maximum Gasteiger partial charge on any atom is 0.0461 e. The Kier molecular flexibility index (Phi) is 6.52. The van der Waals surface area contributed by atoms with Crippen molar-refractivity contribution in [3.8, 4) is 0 Å². The van der Waals surface area contributed by atoms with Crippen LogP contribution < -0.4 is 5.73 Å². The van der Waals surface area contributed by atoms with Gasteiger partial charge in [0.15, 0.2) is 0 Å². The van der Waals surface area contributed by atoms with Gasteiger partial charge in [0.2, 0.25) is 0 Å². The second-order valence-corrected chi connectivity index (χ2v) is 11.7. The van der Waals surface area contributed by atoms with Crippen LogP contribution in [0.3, 0.4) is 0 Å². The summed E-state index contributed by atoms with van der Waals surface area (Å²) in [4.78, 5) is 0. The van der Waals surface area contributed by atoms with Gasteiger partial charge in [-0.2, -0.15) is 0 Å². The van der Waals surface area contributed by atoms with Crippen LogP contribution in [0.2, 0.25) is 10.0 Å². The molecule has 2 N–H and O–H groups in total. The summed E-state index contributed by atoms with van der Waals surface area (Å²) in [7, 11) is 0. The molecule has 0 heterocycles. The molecule has 6 rings (SSSR count). The van der Waals surface area contributed by atoms with Crippen LogP contribution in [0.1, 0.15) is 87.7 Å². The molecule has 4 bridgehead atoms. The SMILES string of the molecule is NCC(C/C=C\c1cc(Cl)c(C2C3CC4CC(C3)CC2C4)c(Cl)c1)C1CCCCC1. The van der Waals surface area contributed by atoms with Gasteiger partial charge in [-0.1, -0.05) is 67.5 Å². The molecule has 5 aliphatic rings. The van der Waals surface area contributed by atoms with Gasteiger partial charge >= 0.3 is 0 Å². The van der Waals surface area contributed by atoms with Gasteiger partial charge in [0.25, 0.3) is 0 Å². The lowest BCUT2D eigenvalue weighted by Crippen LogP contribution is -2.43. The van der Waals surface area contributed by atoms with Crippen molar-refractivity contribution < 1.29 is 0 Å². The number of benzene rings is 1. The third-order valence-corrected chi connectivity index (χ3v) is 9.66. The Balaban J connectivity index is 1.29. The predicted molar refractivity (Wildman–Crippen MR) is 129 cm³/mol. The van der Waals surface area contributed by atoms with E-state index in [1.807, 2.05) is 0 Å². The van der Waals surface area contributed by atoms with Gasteiger partial charge in [0.1, 0.15) is 0 Å². The zero-order chi connectivity index (χ0) is 20.7. The summed E-state index contributed by atoms with van der Waals surface area (Å²) in [6.45, 7) is 0.794. The Morgan fingerprint density at radius 2 is 1.50 bits per heavy atom. The van der Waals surface area contributed by atoms with Crippen molar-refractivity contribution in [3.63, 3.8) is 0 Å². The molecule has 5 saturated carbocycles. The molecule has 0 radical (unpaired) electrons. The summed E-state index contributed by atoms with van der Waals surface area (Å²) >= 11 is 13.8. The molecule has 0 amide bonds. The molecule has 5 fully saturated rings. The quantitative estimate of drug-likeness (QED) is 0.469. The summed E-state index contributed by atoms with van der Waals surface area (Å²) < 4.78 is 0. The normalized spacial score (nSPS) is 34.7. The average molecular weight is 447 g/mol. The van der Waals surface area contributed by atoms with E-state index in [4.69, 9.17) is 28.9 Å². The molecule has 1 unspecified atom stereocenters. The first-order chi connectivity index (χ1) is 14.6. The Labute approximate surface area is 192 Å². The zero-order valence-electron chi connectivity index (χ0n) is 18.2. The van der Waals surface area contributed by atoms with Crippen molar-refractivity contribution in [1.29, 1.82) is 0 Å². The fraction of sp³-hybridized carbons (Fsp3) is 0.704. The highest BCUT2D eigenvalue weighted by Gasteiger charge is 2.49. The topological polar surface area (TPSA) is 26.0 Å². The van der Waals surface area contributed by atoms with Gasteiger partial charge in [0, 0.05) is 10.0 Å². The van der Waals surface area contributed by atoms with E-state index in [0.717, 1.165) is 58.2 Å². The van der Waals surface area contributed by atoms with Gasteiger partial charge in [-0.3, -0.25) is 0 Å². The van der Waals surface area contributed by atoms with Crippen molar-refractivity contribution >= 4 is 29.3 Å². The Morgan fingerprint density at radius 1 is 0.900 bits per heavy atom. The lowest BCUT2D eigenvalue weighted by Gasteiger charge is -2.55. The first-order valence-electron chi connectivity index (χ1n) is 12.5. The second kappa shape index (κ2) is 9.16. The largest absolute Gasteiger partial charge is 0.330 e. The fourth-order valence-corrected chi connectivity index (χ4v) is 8.64. The average Bonchev–Trinajstić information content (AvgIpc) is 2.73. The van der Waals surface area contributed by atoms with E-state index in [-0.39, 0.29) is 0 Å². The highest BCUT2D eigenvalue weighted by atomic mass is 35.5. The van der Waals surface area contributed by atoms with E-state index in [9.17, 15) is 0 Å². The molecule has 5 aliphatic carbocycles. The van der Waals surface area contributed by atoms with Crippen LogP contribution >= 0.6 is 23.2 Å². The maximum atomic E-state index is 6.88. The van der Waals surface area contributed by atoms with Gasteiger partial charge in [-0.05, 0) is 110 Å². The standard InChI is InChI=1S/C27H37Cl2N/c28-24-14-17(5-4-8-21(16-30)20-6-2-1-3-7-20)15-25(29)27(24)26-22-10-18-9-19(12-22)13-23(26)11-18/h4-5,14-15,18-23,26H,1-3,6-13,16,30H2/b5-4-. The van der Waals surface area contributed by atoms with Crippen molar-refractivity contribution in [2.45, 2.75) is 76.5 Å². The second-order valence-electron chi connectivity index (χ2n) is 10.9. The van der Waals surface area contributed by atoms with Gasteiger partial charge in [0.05, 0.1) is 0 Å². The fourth-order valence-electron chi connectivity index (χ4n) is 7.88. The third-order valence-electron chi connectivity index (χ3n) is 9.03. The molecule has 30 heavy (non-hydrogen) atoms. The monoisotopic (exact) mass is 445 g/mol. The molecule has 0 aliphatic heterocycles. The summed E-state index contributed by atoms with van der Waals surface area (Å²) in [5, 5.41) is 1.78. The molecule has 0 aromatic heterocycles. The predicted octanol–water partition coefficient (Wildman–Crippen LogP) is 8.09. The zero-order valence-corrected chi connectivity index (χ0v) is 19.7. The molecule has 1 nitrogen and oxygen atoms in total. The van der Waals surface area contributed by atoms with Crippen LogP contribution in [0.5, 0.6) is 0 Å². The van der Waals surface area contributed by atoms with Crippen molar-refractivity contribution in [2.75, 3.05) is 6.54 Å². The van der Waals surface area contributed by atoms with Crippen molar-refractivity contribution in [3.05, 3.63) is 39.4 Å². The van der Waals surface area contributed by atoms with Crippen molar-refractivity contribution in [2.24, 2.45) is 41.2 Å². The number of hydrogen-bond acceptors (Lipinski definition) is 1. The van der Waals surface area contributed by atoms with E-state index >= 15 is 0 Å². The van der Waals surface area contributed by atoms with E-state index < -0.39 is 0 Å². The summed E-state index contributed by atoms with van der Waals surface area (Å²) in [6.07, 6.45) is 19.5. The van der Waals surface area contributed by atoms with Crippen LogP contribution in [-0.2, 0) is 0 Å². The molecule has 3 heteroatoms. The number of rotatable bonds is 6. The minimum absolute atomic E-state index is 0.587. The maximum absolute atomic E-state index is 6.88. The van der Waals surface area contributed by atoms with Crippen LogP contribution in [0.15, 0.2) is 18.2 Å². The van der Waals surface area contributed by atoms with Gasteiger partial charge in [-0.25, -0.2) is 0 Å². The van der Waals surface area contributed by atoms with Gasteiger partial charge in [-0.15, -0.1) is 0 Å². The summed E-state index contributed by atoms with van der Waals surface area (Å²) in [6, 6.07) is 4.31. The Morgan fingerprint density at radius 3 is 2.07 bits per heavy atom. The Bertz CT molecular complexity index is 728. The molecular weight excluding hydrogens is 409 g/mol. The highest BCUT2D eigenvalue weighted by Crippen LogP contribution is 2.61.